The predicted octanol–water partition coefficient (Wildman–Crippen LogP) is 2.19. The average molecular weight is 166 g/mol. The number of nitrogens with zero attached hydrogens (tertiary/aromatic N) is 2. The van der Waals surface area contributed by atoms with Gasteiger partial charge in [-0.2, -0.15) is 5.26 Å². The Morgan fingerprint density at radius 3 is 2.58 bits per heavy atom. The summed E-state index contributed by atoms with van der Waals surface area (Å²) in [6.07, 6.45) is 2.82. The minimum absolute atomic E-state index is 0.629. The van der Waals surface area contributed by atoms with Crippen LogP contribution in [0.25, 0.3) is 0 Å². The maximum atomic E-state index is 8.40. The van der Waals surface area contributed by atoms with Crippen LogP contribution < -0.4 is 0 Å². The largest absolute Gasteiger partial charge is 0.299 e. The fourth-order valence-corrected chi connectivity index (χ4v) is 0.898. The minimum Gasteiger partial charge on any atom is -0.299 e. The molecule has 0 aromatic rings. The van der Waals surface area contributed by atoms with E-state index in [0.717, 1.165) is 19.6 Å². The van der Waals surface area contributed by atoms with Crippen molar-refractivity contribution in [3.05, 3.63) is 11.6 Å². The molecule has 2 heteroatoms. The Labute approximate surface area is 75.5 Å². The molecule has 0 rings (SSSR count). The number of hydrogen-bond donors (Lipinski definition) is 0. The van der Waals surface area contributed by atoms with Gasteiger partial charge in [0.15, 0.2) is 0 Å². The monoisotopic (exact) mass is 166 g/mol. The Hall–Kier alpha value is -0.810. The number of allylic oxidation sites excluding steroid dienone is 1. The van der Waals surface area contributed by atoms with E-state index in [1.54, 1.807) is 0 Å². The molecule has 0 bridgehead atoms. The number of likely N-dealkylation sites (N-methyl/N-ethyl adjacent to an activating group) is 1. The normalized spacial score (nSPS) is 9.58. The molecule has 12 heavy (non-hydrogen) atoms. The van der Waals surface area contributed by atoms with Crippen LogP contribution in [0.5, 0.6) is 0 Å². The van der Waals surface area contributed by atoms with Gasteiger partial charge in [0.2, 0.25) is 0 Å². The molecule has 0 aromatic carbocycles. The molecule has 0 N–H and O–H groups in total. The molecule has 0 unspecified atom stereocenters. The van der Waals surface area contributed by atoms with Gasteiger partial charge in [-0.3, -0.25) is 4.90 Å². The van der Waals surface area contributed by atoms with Crippen LogP contribution in [-0.2, 0) is 0 Å². The van der Waals surface area contributed by atoms with Gasteiger partial charge in [-0.15, -0.1) is 0 Å². The highest BCUT2D eigenvalue weighted by atomic mass is 15.1. The lowest BCUT2D eigenvalue weighted by Gasteiger charge is -2.16. The summed E-state index contributed by atoms with van der Waals surface area (Å²) in [5.74, 6) is 0. The highest BCUT2D eigenvalue weighted by Gasteiger charge is 1.97. The fraction of sp³-hybridized carbons (Fsp3) is 0.700. The van der Waals surface area contributed by atoms with Crippen molar-refractivity contribution in [1.29, 1.82) is 5.26 Å². The van der Waals surface area contributed by atoms with Crippen molar-refractivity contribution >= 4 is 0 Å². The summed E-state index contributed by atoms with van der Waals surface area (Å²) >= 11 is 0. The van der Waals surface area contributed by atoms with Crippen LogP contribution in [-0.4, -0.2) is 24.5 Å². The van der Waals surface area contributed by atoms with Crippen molar-refractivity contribution < 1.29 is 0 Å². The van der Waals surface area contributed by atoms with Crippen LogP contribution in [0, 0.1) is 11.3 Å². The molecular weight excluding hydrogens is 148 g/mol. The zero-order chi connectivity index (χ0) is 9.40. The lowest BCUT2D eigenvalue weighted by Crippen LogP contribution is -2.24. The summed E-state index contributed by atoms with van der Waals surface area (Å²) in [6, 6.07) is 2.16. The first-order valence-corrected chi connectivity index (χ1v) is 4.43. The van der Waals surface area contributed by atoms with Gasteiger partial charge in [-0.05, 0) is 20.4 Å². The van der Waals surface area contributed by atoms with Crippen LogP contribution >= 0.6 is 0 Å². The van der Waals surface area contributed by atoms with Gasteiger partial charge >= 0.3 is 0 Å². The van der Waals surface area contributed by atoms with E-state index in [1.165, 1.54) is 5.57 Å². The van der Waals surface area contributed by atoms with Crippen LogP contribution in [0.3, 0.4) is 0 Å². The smallest absolute Gasteiger partial charge is 0.0635 e. The van der Waals surface area contributed by atoms with Crippen LogP contribution in [0.1, 0.15) is 27.2 Å². The van der Waals surface area contributed by atoms with E-state index in [9.17, 15) is 0 Å². The second-order valence-corrected chi connectivity index (χ2v) is 3.08. The van der Waals surface area contributed by atoms with Gasteiger partial charge in [0.1, 0.15) is 0 Å². The topological polar surface area (TPSA) is 27.0 Å². The molecule has 68 valence electrons. The summed E-state index contributed by atoms with van der Waals surface area (Å²) in [7, 11) is 0. The lowest BCUT2D eigenvalue weighted by atomic mass is 10.3. The lowest BCUT2D eigenvalue weighted by molar-refractivity contribution is 0.326. The van der Waals surface area contributed by atoms with Crippen LogP contribution in [0.4, 0.5) is 0 Å². The van der Waals surface area contributed by atoms with Gasteiger partial charge < -0.3 is 0 Å². The Balaban J connectivity index is 3.69. The minimum atomic E-state index is 0.629. The summed E-state index contributed by atoms with van der Waals surface area (Å²) in [6.45, 7) is 9.19. The molecular formula is C10H18N2. The summed E-state index contributed by atoms with van der Waals surface area (Å²) < 4.78 is 0. The molecule has 0 atom stereocenters. The van der Waals surface area contributed by atoms with Crippen molar-refractivity contribution in [2.75, 3.05) is 19.6 Å². The first kappa shape index (κ1) is 11.2. The van der Waals surface area contributed by atoms with Crippen molar-refractivity contribution in [1.82, 2.24) is 4.90 Å². The van der Waals surface area contributed by atoms with Gasteiger partial charge in [0, 0.05) is 19.5 Å². The number of hydrogen-bond acceptors (Lipinski definition) is 2. The Kier molecular flexibility index (Phi) is 6.41. The van der Waals surface area contributed by atoms with Gasteiger partial charge in [0.05, 0.1) is 6.07 Å². The summed E-state index contributed by atoms with van der Waals surface area (Å²) in [5.41, 5.74) is 1.34. The van der Waals surface area contributed by atoms with E-state index in [2.05, 4.69) is 37.8 Å². The van der Waals surface area contributed by atoms with Crippen molar-refractivity contribution in [2.24, 2.45) is 0 Å². The second-order valence-electron chi connectivity index (χ2n) is 3.08. The molecule has 0 aliphatic heterocycles. The standard InChI is InChI=1S/C10H18N2/c1-4-12(8-5-7-11)9-6-10(2)3/h6H,4-5,8-9H2,1-3H3. The molecule has 0 heterocycles. The van der Waals surface area contributed by atoms with Crippen molar-refractivity contribution in [3.63, 3.8) is 0 Å². The SMILES string of the molecule is CCN(CC=C(C)C)CCC#N. The second kappa shape index (κ2) is 6.87. The molecule has 0 saturated heterocycles. The first-order valence-electron chi connectivity index (χ1n) is 4.43. The van der Waals surface area contributed by atoms with E-state index in [4.69, 9.17) is 5.26 Å². The third kappa shape index (κ3) is 5.94. The molecule has 0 aromatic heterocycles. The zero-order valence-corrected chi connectivity index (χ0v) is 8.30. The van der Waals surface area contributed by atoms with Crippen molar-refractivity contribution in [2.45, 2.75) is 27.2 Å². The molecule has 0 fully saturated rings. The molecule has 0 saturated carbocycles. The van der Waals surface area contributed by atoms with E-state index in [-0.39, 0.29) is 0 Å². The number of nitriles is 1. The Morgan fingerprint density at radius 2 is 2.17 bits per heavy atom. The van der Waals surface area contributed by atoms with Gasteiger partial charge in [-0.1, -0.05) is 18.6 Å². The predicted molar refractivity (Wildman–Crippen MR) is 51.8 cm³/mol. The molecule has 0 aliphatic carbocycles. The van der Waals surface area contributed by atoms with Crippen LogP contribution in [0.2, 0.25) is 0 Å². The van der Waals surface area contributed by atoms with E-state index in [0.29, 0.717) is 6.42 Å². The molecule has 2 nitrogen and oxygen atoms in total. The number of rotatable bonds is 5. The summed E-state index contributed by atoms with van der Waals surface area (Å²) in [5, 5.41) is 8.40. The van der Waals surface area contributed by atoms with E-state index < -0.39 is 0 Å². The Bertz CT molecular complexity index is 173. The van der Waals surface area contributed by atoms with Gasteiger partial charge in [0.25, 0.3) is 0 Å². The van der Waals surface area contributed by atoms with Crippen molar-refractivity contribution in [3.8, 4) is 6.07 Å². The quantitative estimate of drug-likeness (QED) is 0.585. The van der Waals surface area contributed by atoms with E-state index >= 15 is 0 Å². The highest BCUT2D eigenvalue weighted by molar-refractivity contribution is 4.95. The highest BCUT2D eigenvalue weighted by Crippen LogP contribution is 1.94. The van der Waals surface area contributed by atoms with Gasteiger partial charge in [-0.25, -0.2) is 0 Å². The molecule has 0 spiro atoms. The molecule has 0 amide bonds. The fourth-order valence-electron chi connectivity index (χ4n) is 0.898. The average Bonchev–Trinajstić information content (AvgIpc) is 2.05. The Morgan fingerprint density at radius 1 is 1.50 bits per heavy atom. The first-order chi connectivity index (χ1) is 5.70. The third-order valence-corrected chi connectivity index (χ3v) is 1.74. The zero-order valence-electron chi connectivity index (χ0n) is 8.30. The molecule has 0 radical (unpaired) electrons. The maximum Gasteiger partial charge on any atom is 0.0635 e. The van der Waals surface area contributed by atoms with E-state index in [1.807, 2.05) is 0 Å². The maximum absolute atomic E-state index is 8.40. The molecule has 0 aliphatic rings. The summed E-state index contributed by atoms with van der Waals surface area (Å²) in [4.78, 5) is 2.26. The third-order valence-electron chi connectivity index (χ3n) is 1.74. The van der Waals surface area contributed by atoms with Crippen LogP contribution in [0.15, 0.2) is 11.6 Å².